The number of fused-ring (bicyclic) bond motifs is 1. The van der Waals surface area contributed by atoms with E-state index in [1.54, 1.807) is 0 Å². The van der Waals surface area contributed by atoms with Gasteiger partial charge >= 0.3 is 0 Å². The molecule has 112 valence electrons. The lowest BCUT2D eigenvalue weighted by Gasteiger charge is -2.21. The molecule has 0 aliphatic heterocycles. The fraction of sp³-hybridized carbons (Fsp3) is 0.467. The number of carbonyl (C=O) groups is 1. The zero-order chi connectivity index (χ0) is 14.9. The quantitative estimate of drug-likeness (QED) is 0.910. The van der Waals surface area contributed by atoms with Crippen LogP contribution < -0.4 is 15.8 Å². The second-order valence-electron chi connectivity index (χ2n) is 5.40. The molecule has 1 aliphatic rings. The van der Waals surface area contributed by atoms with Crippen molar-refractivity contribution in [2.45, 2.75) is 38.1 Å². The normalized spacial score (nSPS) is 17.0. The van der Waals surface area contributed by atoms with Crippen molar-refractivity contribution in [3.63, 3.8) is 0 Å². The maximum atomic E-state index is 12.3. The minimum atomic E-state index is -0.728. The molecule has 21 heavy (non-hydrogen) atoms. The van der Waals surface area contributed by atoms with Crippen molar-refractivity contribution in [3.05, 3.63) is 18.2 Å². The first-order valence-electron chi connectivity index (χ1n) is 7.24. The SMILES string of the molecule is CCOc1ccc2nc(NC(=O)C3(N)CCCC3)sc2c1. The van der Waals surface area contributed by atoms with Gasteiger partial charge in [-0.05, 0) is 38.0 Å². The number of nitrogens with zero attached hydrogens (tertiary/aromatic N) is 1. The number of thiazole rings is 1. The molecule has 1 amide bonds. The highest BCUT2D eigenvalue weighted by Crippen LogP contribution is 2.32. The van der Waals surface area contributed by atoms with Crippen LogP contribution in [0.3, 0.4) is 0 Å². The molecular formula is C15H19N3O2S. The molecule has 6 heteroatoms. The minimum absolute atomic E-state index is 0.121. The number of anilines is 1. The number of carbonyl (C=O) groups excluding carboxylic acids is 1. The van der Waals surface area contributed by atoms with Crippen LogP contribution in [0.15, 0.2) is 18.2 Å². The summed E-state index contributed by atoms with van der Waals surface area (Å²) in [7, 11) is 0. The number of benzene rings is 1. The van der Waals surface area contributed by atoms with Crippen LogP contribution in [-0.4, -0.2) is 23.0 Å². The highest BCUT2D eigenvalue weighted by atomic mass is 32.1. The van der Waals surface area contributed by atoms with Crippen molar-refractivity contribution >= 4 is 32.6 Å². The predicted molar refractivity (Wildman–Crippen MR) is 84.8 cm³/mol. The second kappa shape index (κ2) is 5.61. The molecule has 0 radical (unpaired) electrons. The summed E-state index contributed by atoms with van der Waals surface area (Å²) >= 11 is 1.44. The molecule has 0 bridgehead atoms. The molecule has 1 aliphatic carbocycles. The Bertz CT molecular complexity index is 662. The van der Waals surface area contributed by atoms with Gasteiger partial charge in [-0.15, -0.1) is 0 Å². The van der Waals surface area contributed by atoms with Crippen molar-refractivity contribution in [1.82, 2.24) is 4.98 Å². The summed E-state index contributed by atoms with van der Waals surface area (Å²) in [4.78, 5) is 16.7. The van der Waals surface area contributed by atoms with Crippen molar-refractivity contribution < 1.29 is 9.53 Å². The number of hydrogen-bond acceptors (Lipinski definition) is 5. The van der Waals surface area contributed by atoms with E-state index < -0.39 is 5.54 Å². The Kier molecular flexibility index (Phi) is 3.82. The van der Waals surface area contributed by atoms with E-state index in [4.69, 9.17) is 10.5 Å². The van der Waals surface area contributed by atoms with Crippen LogP contribution in [0.25, 0.3) is 10.2 Å². The van der Waals surface area contributed by atoms with E-state index >= 15 is 0 Å². The van der Waals surface area contributed by atoms with Gasteiger partial charge in [0, 0.05) is 0 Å². The zero-order valence-electron chi connectivity index (χ0n) is 12.0. The average molecular weight is 305 g/mol. The van der Waals surface area contributed by atoms with Crippen LogP contribution in [0.1, 0.15) is 32.6 Å². The van der Waals surface area contributed by atoms with Gasteiger partial charge in [-0.3, -0.25) is 4.79 Å². The second-order valence-corrected chi connectivity index (χ2v) is 6.43. The lowest BCUT2D eigenvalue weighted by molar-refractivity contribution is -0.120. The summed E-state index contributed by atoms with van der Waals surface area (Å²) < 4.78 is 6.47. The number of rotatable bonds is 4. The van der Waals surface area contributed by atoms with Crippen molar-refractivity contribution in [2.24, 2.45) is 5.73 Å². The molecule has 2 aromatic rings. The third-order valence-electron chi connectivity index (χ3n) is 3.84. The molecule has 1 aromatic carbocycles. The Morgan fingerprint density at radius 3 is 2.95 bits per heavy atom. The zero-order valence-corrected chi connectivity index (χ0v) is 12.8. The van der Waals surface area contributed by atoms with Crippen LogP contribution in [0.2, 0.25) is 0 Å². The fourth-order valence-corrected chi connectivity index (χ4v) is 3.56. The molecule has 0 saturated heterocycles. The first-order chi connectivity index (χ1) is 10.1. The molecule has 0 atom stereocenters. The van der Waals surface area contributed by atoms with E-state index in [1.807, 2.05) is 25.1 Å². The van der Waals surface area contributed by atoms with Gasteiger partial charge in [0.2, 0.25) is 5.91 Å². The van der Waals surface area contributed by atoms with E-state index in [0.29, 0.717) is 11.7 Å². The minimum Gasteiger partial charge on any atom is -0.494 e. The molecule has 0 spiro atoms. The Labute approximate surface area is 127 Å². The van der Waals surface area contributed by atoms with E-state index in [9.17, 15) is 4.79 Å². The van der Waals surface area contributed by atoms with Crippen LogP contribution in [-0.2, 0) is 4.79 Å². The molecule has 1 heterocycles. The maximum Gasteiger partial charge on any atom is 0.246 e. The molecule has 5 nitrogen and oxygen atoms in total. The van der Waals surface area contributed by atoms with Crippen molar-refractivity contribution in [3.8, 4) is 5.75 Å². The summed E-state index contributed by atoms with van der Waals surface area (Å²) in [5.41, 5.74) is 6.28. The molecule has 0 unspecified atom stereocenters. The Balaban J connectivity index is 1.79. The first-order valence-corrected chi connectivity index (χ1v) is 8.06. The van der Waals surface area contributed by atoms with Gasteiger partial charge in [0.1, 0.15) is 5.75 Å². The van der Waals surface area contributed by atoms with Crippen LogP contribution in [0.4, 0.5) is 5.13 Å². The Hall–Kier alpha value is -1.66. The molecular weight excluding hydrogens is 286 g/mol. The van der Waals surface area contributed by atoms with Gasteiger partial charge in [0.15, 0.2) is 5.13 Å². The van der Waals surface area contributed by atoms with Crippen molar-refractivity contribution in [1.29, 1.82) is 0 Å². The number of amides is 1. The number of nitrogens with two attached hydrogens (primary N) is 1. The van der Waals surface area contributed by atoms with Gasteiger partial charge in [0.05, 0.1) is 22.4 Å². The standard InChI is InChI=1S/C15H19N3O2S/c1-2-20-10-5-6-11-12(9-10)21-14(17-11)18-13(19)15(16)7-3-4-8-15/h5-6,9H,2-4,7-8,16H2,1H3,(H,17,18,19). The van der Waals surface area contributed by atoms with Gasteiger partial charge in [-0.25, -0.2) is 4.98 Å². The number of aromatic nitrogens is 1. The van der Waals surface area contributed by atoms with E-state index in [1.165, 1.54) is 11.3 Å². The monoisotopic (exact) mass is 305 g/mol. The van der Waals surface area contributed by atoms with Crippen LogP contribution >= 0.6 is 11.3 Å². The van der Waals surface area contributed by atoms with Gasteiger partial charge in [-0.2, -0.15) is 0 Å². The average Bonchev–Trinajstić information content (AvgIpc) is 3.05. The molecule has 1 saturated carbocycles. The lowest BCUT2D eigenvalue weighted by atomic mass is 9.98. The third kappa shape index (κ3) is 2.87. The maximum absolute atomic E-state index is 12.3. The van der Waals surface area contributed by atoms with Gasteiger partial charge < -0.3 is 15.8 Å². The first kappa shape index (κ1) is 14.3. The molecule has 1 aromatic heterocycles. The van der Waals surface area contributed by atoms with E-state index in [-0.39, 0.29) is 5.91 Å². The van der Waals surface area contributed by atoms with Crippen molar-refractivity contribution in [2.75, 3.05) is 11.9 Å². The van der Waals surface area contributed by atoms with E-state index in [2.05, 4.69) is 10.3 Å². The number of nitrogens with one attached hydrogen (secondary N) is 1. The largest absolute Gasteiger partial charge is 0.494 e. The fourth-order valence-electron chi connectivity index (χ4n) is 2.67. The van der Waals surface area contributed by atoms with Crippen LogP contribution in [0.5, 0.6) is 5.75 Å². The van der Waals surface area contributed by atoms with E-state index in [0.717, 1.165) is 41.6 Å². The number of ether oxygens (including phenoxy) is 1. The summed E-state index contributed by atoms with van der Waals surface area (Å²) in [6.45, 7) is 2.58. The summed E-state index contributed by atoms with van der Waals surface area (Å²) in [6.07, 6.45) is 3.53. The van der Waals surface area contributed by atoms with Crippen LogP contribution in [0, 0.1) is 0 Å². The third-order valence-corrected chi connectivity index (χ3v) is 4.77. The smallest absolute Gasteiger partial charge is 0.246 e. The molecule has 3 N–H and O–H groups in total. The Morgan fingerprint density at radius 1 is 1.48 bits per heavy atom. The predicted octanol–water partition coefficient (Wildman–Crippen LogP) is 2.91. The Morgan fingerprint density at radius 2 is 2.24 bits per heavy atom. The lowest BCUT2D eigenvalue weighted by Crippen LogP contribution is -2.48. The summed E-state index contributed by atoms with van der Waals surface area (Å²) in [6, 6.07) is 5.73. The summed E-state index contributed by atoms with van der Waals surface area (Å²) in [5, 5.41) is 3.47. The van der Waals surface area contributed by atoms with Gasteiger partial charge in [-0.1, -0.05) is 24.2 Å². The highest BCUT2D eigenvalue weighted by molar-refractivity contribution is 7.22. The molecule has 3 rings (SSSR count). The number of hydrogen-bond donors (Lipinski definition) is 2. The molecule has 1 fully saturated rings. The summed E-state index contributed by atoms with van der Waals surface area (Å²) in [5.74, 6) is 0.696. The highest BCUT2D eigenvalue weighted by Gasteiger charge is 2.37. The van der Waals surface area contributed by atoms with Gasteiger partial charge in [0.25, 0.3) is 0 Å². The topological polar surface area (TPSA) is 77.2 Å².